The lowest BCUT2D eigenvalue weighted by Crippen LogP contribution is -2.36. The zero-order chi connectivity index (χ0) is 11.1. The Labute approximate surface area is 87.6 Å². The maximum Gasteiger partial charge on any atom is 0.221 e. The molecule has 0 heterocycles. The molecule has 0 spiro atoms. The molecule has 1 amide bonds. The first-order valence-corrected chi connectivity index (χ1v) is 5.46. The fourth-order valence-electron chi connectivity index (χ4n) is 1.04. The lowest BCUT2D eigenvalue weighted by atomic mass is 10.1. The van der Waals surface area contributed by atoms with Gasteiger partial charge in [0.15, 0.2) is 0 Å². The number of nitrogens with one attached hydrogen (secondary N) is 2. The van der Waals surface area contributed by atoms with Crippen LogP contribution in [0.25, 0.3) is 0 Å². The Kier molecular flexibility index (Phi) is 6.54. The van der Waals surface area contributed by atoms with Gasteiger partial charge in [-0.2, -0.15) is 0 Å². The summed E-state index contributed by atoms with van der Waals surface area (Å²) >= 11 is 0. The monoisotopic (exact) mass is 200 g/mol. The molecule has 2 N–H and O–H groups in total. The molecule has 3 heteroatoms. The van der Waals surface area contributed by atoms with Crippen LogP contribution in [-0.4, -0.2) is 24.5 Å². The second-order valence-corrected chi connectivity index (χ2v) is 4.46. The third-order valence-corrected chi connectivity index (χ3v) is 2.27. The normalized spacial score (nSPS) is 13.4. The van der Waals surface area contributed by atoms with E-state index in [0.29, 0.717) is 18.4 Å². The molecule has 0 radical (unpaired) electrons. The average Bonchev–Trinajstić information content (AvgIpc) is 2.02. The number of rotatable bonds is 6. The Morgan fingerprint density at radius 2 is 1.71 bits per heavy atom. The van der Waals surface area contributed by atoms with Crippen molar-refractivity contribution in [2.75, 3.05) is 6.54 Å². The number of amides is 1. The summed E-state index contributed by atoms with van der Waals surface area (Å²) in [6, 6.07) is 0.715. The van der Waals surface area contributed by atoms with Crippen LogP contribution in [-0.2, 0) is 4.79 Å². The molecule has 0 aliphatic rings. The van der Waals surface area contributed by atoms with Crippen LogP contribution < -0.4 is 10.6 Å². The lowest BCUT2D eigenvalue weighted by molar-refractivity contribution is -0.121. The quantitative estimate of drug-likeness (QED) is 0.683. The first-order valence-electron chi connectivity index (χ1n) is 5.46. The summed E-state index contributed by atoms with van der Waals surface area (Å²) in [6.45, 7) is 11.2. The van der Waals surface area contributed by atoms with Gasteiger partial charge in [-0.3, -0.25) is 4.79 Å². The van der Waals surface area contributed by atoms with E-state index in [1.54, 1.807) is 0 Å². The summed E-state index contributed by atoms with van der Waals surface area (Å²) in [6.07, 6.45) is 0.565. The third kappa shape index (κ3) is 6.89. The highest BCUT2D eigenvalue weighted by molar-refractivity contribution is 5.76. The fourth-order valence-corrected chi connectivity index (χ4v) is 1.04. The number of carbonyl (C=O) groups excluding carboxylic acids is 1. The molecule has 0 aromatic heterocycles. The van der Waals surface area contributed by atoms with Gasteiger partial charge >= 0.3 is 0 Å². The topological polar surface area (TPSA) is 41.1 Å². The summed E-state index contributed by atoms with van der Waals surface area (Å²) in [7, 11) is 0. The molecule has 0 aromatic carbocycles. The number of carbonyl (C=O) groups is 1. The van der Waals surface area contributed by atoms with Crippen LogP contribution in [0.3, 0.4) is 0 Å². The lowest BCUT2D eigenvalue weighted by Gasteiger charge is -2.17. The molecule has 1 atom stereocenters. The molecule has 1 unspecified atom stereocenters. The van der Waals surface area contributed by atoms with Gasteiger partial charge in [-0.15, -0.1) is 0 Å². The molecular weight excluding hydrogens is 176 g/mol. The second kappa shape index (κ2) is 6.82. The van der Waals surface area contributed by atoms with E-state index in [2.05, 4.69) is 31.4 Å². The van der Waals surface area contributed by atoms with Crippen LogP contribution >= 0.6 is 0 Å². The van der Waals surface area contributed by atoms with E-state index in [0.717, 1.165) is 6.54 Å². The first-order chi connectivity index (χ1) is 6.43. The van der Waals surface area contributed by atoms with Gasteiger partial charge in [0.1, 0.15) is 0 Å². The van der Waals surface area contributed by atoms with Crippen molar-refractivity contribution in [1.82, 2.24) is 10.6 Å². The van der Waals surface area contributed by atoms with E-state index in [1.165, 1.54) is 0 Å². The van der Waals surface area contributed by atoms with Gasteiger partial charge in [0, 0.05) is 25.0 Å². The predicted molar refractivity (Wildman–Crippen MR) is 60.2 cm³/mol. The highest BCUT2D eigenvalue weighted by Gasteiger charge is 2.07. The predicted octanol–water partition coefficient (Wildman–Crippen LogP) is 1.54. The van der Waals surface area contributed by atoms with Gasteiger partial charge in [-0.05, 0) is 26.7 Å². The SMILES string of the molecule is CC(C)NC(=O)CCNC(C)C(C)C. The molecule has 0 saturated carbocycles. The van der Waals surface area contributed by atoms with E-state index < -0.39 is 0 Å². The van der Waals surface area contributed by atoms with Gasteiger partial charge in [0.2, 0.25) is 5.91 Å². The molecule has 0 aromatic rings. The fraction of sp³-hybridized carbons (Fsp3) is 0.909. The maximum absolute atomic E-state index is 11.3. The van der Waals surface area contributed by atoms with E-state index in [9.17, 15) is 4.79 Å². The molecule has 0 bridgehead atoms. The van der Waals surface area contributed by atoms with Crippen molar-refractivity contribution in [3.8, 4) is 0 Å². The third-order valence-electron chi connectivity index (χ3n) is 2.27. The second-order valence-electron chi connectivity index (χ2n) is 4.46. The minimum atomic E-state index is 0.128. The van der Waals surface area contributed by atoms with Crippen molar-refractivity contribution in [3.63, 3.8) is 0 Å². The zero-order valence-corrected chi connectivity index (χ0v) is 10.1. The van der Waals surface area contributed by atoms with Crippen molar-refractivity contribution in [2.24, 2.45) is 5.92 Å². The van der Waals surface area contributed by atoms with Gasteiger partial charge < -0.3 is 10.6 Å². The molecule has 0 saturated heterocycles. The average molecular weight is 200 g/mol. The largest absolute Gasteiger partial charge is 0.354 e. The summed E-state index contributed by atoms with van der Waals surface area (Å²) in [4.78, 5) is 11.3. The summed E-state index contributed by atoms with van der Waals surface area (Å²) in [5.74, 6) is 0.742. The van der Waals surface area contributed by atoms with Gasteiger partial charge in [-0.1, -0.05) is 13.8 Å². The van der Waals surface area contributed by atoms with Gasteiger partial charge in [0.05, 0.1) is 0 Å². The van der Waals surface area contributed by atoms with E-state index in [4.69, 9.17) is 0 Å². The van der Waals surface area contributed by atoms with Crippen LogP contribution in [0.5, 0.6) is 0 Å². The molecule has 0 fully saturated rings. The van der Waals surface area contributed by atoms with Crippen molar-refractivity contribution >= 4 is 5.91 Å². The first kappa shape index (κ1) is 13.4. The molecule has 0 rings (SSSR count). The Bertz CT molecular complexity index is 167. The molecule has 0 aliphatic heterocycles. The smallest absolute Gasteiger partial charge is 0.221 e. The Hall–Kier alpha value is -0.570. The van der Waals surface area contributed by atoms with E-state index >= 15 is 0 Å². The van der Waals surface area contributed by atoms with Crippen LogP contribution in [0, 0.1) is 5.92 Å². The van der Waals surface area contributed by atoms with Gasteiger partial charge in [0.25, 0.3) is 0 Å². The van der Waals surface area contributed by atoms with Crippen molar-refractivity contribution in [1.29, 1.82) is 0 Å². The Morgan fingerprint density at radius 3 is 2.14 bits per heavy atom. The molecule has 3 nitrogen and oxygen atoms in total. The number of hydrogen-bond donors (Lipinski definition) is 2. The van der Waals surface area contributed by atoms with Crippen LogP contribution in [0.1, 0.15) is 41.0 Å². The standard InChI is InChI=1S/C11H24N2O/c1-8(2)10(5)12-7-6-11(14)13-9(3)4/h8-10,12H,6-7H2,1-5H3,(H,13,14). The van der Waals surface area contributed by atoms with Crippen LogP contribution in [0.15, 0.2) is 0 Å². The number of hydrogen-bond acceptors (Lipinski definition) is 2. The molecule has 14 heavy (non-hydrogen) atoms. The van der Waals surface area contributed by atoms with Crippen molar-refractivity contribution in [3.05, 3.63) is 0 Å². The van der Waals surface area contributed by atoms with Gasteiger partial charge in [-0.25, -0.2) is 0 Å². The molecule has 0 aliphatic carbocycles. The van der Waals surface area contributed by atoms with Crippen molar-refractivity contribution < 1.29 is 4.79 Å². The summed E-state index contributed by atoms with van der Waals surface area (Å²) in [5.41, 5.74) is 0. The Balaban J connectivity index is 3.49. The van der Waals surface area contributed by atoms with Crippen LogP contribution in [0.2, 0.25) is 0 Å². The summed E-state index contributed by atoms with van der Waals surface area (Å²) in [5, 5.41) is 6.19. The molecular formula is C11H24N2O. The Morgan fingerprint density at radius 1 is 1.14 bits per heavy atom. The van der Waals surface area contributed by atoms with Crippen molar-refractivity contribution in [2.45, 2.75) is 53.1 Å². The minimum Gasteiger partial charge on any atom is -0.354 e. The summed E-state index contributed by atoms with van der Waals surface area (Å²) < 4.78 is 0. The minimum absolute atomic E-state index is 0.128. The molecule has 84 valence electrons. The van der Waals surface area contributed by atoms with E-state index in [1.807, 2.05) is 13.8 Å². The van der Waals surface area contributed by atoms with E-state index in [-0.39, 0.29) is 11.9 Å². The highest BCUT2D eigenvalue weighted by Crippen LogP contribution is 1.99. The zero-order valence-electron chi connectivity index (χ0n) is 10.1. The van der Waals surface area contributed by atoms with Crippen LogP contribution in [0.4, 0.5) is 0 Å². The maximum atomic E-state index is 11.3. The highest BCUT2D eigenvalue weighted by atomic mass is 16.1.